The summed E-state index contributed by atoms with van der Waals surface area (Å²) in [7, 11) is 0. The number of hydrogen-bond acceptors (Lipinski definition) is 3. The Kier molecular flexibility index (Phi) is 4.41. The van der Waals surface area contributed by atoms with Crippen molar-refractivity contribution in [2.75, 3.05) is 13.2 Å². The van der Waals surface area contributed by atoms with Gasteiger partial charge in [-0.25, -0.2) is 0 Å². The molecular weight excluding hydrogens is 306 g/mol. The van der Waals surface area contributed by atoms with E-state index in [9.17, 15) is 0 Å². The minimum atomic E-state index is 0.203. The highest BCUT2D eigenvalue weighted by molar-refractivity contribution is 9.10. The largest absolute Gasteiger partial charge is 0.488 e. The number of halogens is 1. The normalized spacial score (nSPS) is 23.3. The van der Waals surface area contributed by atoms with E-state index in [0.29, 0.717) is 12.6 Å². The van der Waals surface area contributed by atoms with Gasteiger partial charge in [0, 0.05) is 29.2 Å². The van der Waals surface area contributed by atoms with Crippen molar-refractivity contribution >= 4 is 15.9 Å². The lowest BCUT2D eigenvalue weighted by Gasteiger charge is -2.24. The molecule has 1 saturated carbocycles. The summed E-state index contributed by atoms with van der Waals surface area (Å²) in [5.41, 5.74) is 1.23. The zero-order chi connectivity index (χ0) is 13.1. The first-order valence-corrected chi connectivity index (χ1v) is 7.87. The molecular formula is C15H20BrNO2. The highest BCUT2D eigenvalue weighted by Crippen LogP contribution is 2.27. The smallest absolute Gasteiger partial charge is 0.124 e. The predicted octanol–water partition coefficient (Wildman–Crippen LogP) is 3.26. The Morgan fingerprint density at radius 1 is 1.32 bits per heavy atom. The second-order valence-electron chi connectivity index (χ2n) is 5.36. The van der Waals surface area contributed by atoms with Crippen LogP contribution in [0.5, 0.6) is 5.75 Å². The summed E-state index contributed by atoms with van der Waals surface area (Å²) in [5, 5.41) is 3.55. The molecule has 1 saturated heterocycles. The second-order valence-corrected chi connectivity index (χ2v) is 6.28. The lowest BCUT2D eigenvalue weighted by molar-refractivity contribution is 0.00700. The van der Waals surface area contributed by atoms with Gasteiger partial charge in [-0.1, -0.05) is 15.9 Å². The van der Waals surface area contributed by atoms with Crippen LogP contribution in [0.3, 0.4) is 0 Å². The van der Waals surface area contributed by atoms with E-state index in [2.05, 4.69) is 33.4 Å². The Labute approximate surface area is 122 Å². The number of rotatable bonds is 5. The van der Waals surface area contributed by atoms with Gasteiger partial charge in [0.25, 0.3) is 0 Å². The van der Waals surface area contributed by atoms with Crippen LogP contribution in [0.2, 0.25) is 0 Å². The minimum Gasteiger partial charge on any atom is -0.488 e. The molecule has 1 unspecified atom stereocenters. The van der Waals surface area contributed by atoms with Crippen LogP contribution in [-0.2, 0) is 11.3 Å². The molecule has 1 aromatic carbocycles. The minimum absolute atomic E-state index is 0.203. The SMILES string of the molecule is Brc1ccc(OC2CCCOC2)c(CNC2CC2)c1. The topological polar surface area (TPSA) is 30.5 Å². The number of nitrogens with one attached hydrogen (secondary N) is 1. The van der Waals surface area contributed by atoms with Gasteiger partial charge in [0.1, 0.15) is 11.9 Å². The monoisotopic (exact) mass is 325 g/mol. The van der Waals surface area contributed by atoms with E-state index in [1.807, 2.05) is 6.07 Å². The van der Waals surface area contributed by atoms with Crippen molar-refractivity contribution < 1.29 is 9.47 Å². The molecule has 4 heteroatoms. The molecule has 1 heterocycles. The molecule has 1 atom stereocenters. The summed E-state index contributed by atoms with van der Waals surface area (Å²) in [5.74, 6) is 0.992. The first-order chi connectivity index (χ1) is 9.31. The van der Waals surface area contributed by atoms with E-state index in [1.165, 1.54) is 18.4 Å². The van der Waals surface area contributed by atoms with Gasteiger partial charge in [0.15, 0.2) is 0 Å². The Balaban J connectivity index is 1.66. The first kappa shape index (κ1) is 13.4. The Bertz CT molecular complexity index is 428. The molecule has 1 N–H and O–H groups in total. The lowest BCUT2D eigenvalue weighted by atomic mass is 10.1. The summed E-state index contributed by atoms with van der Waals surface area (Å²) in [6.07, 6.45) is 5.00. The predicted molar refractivity (Wildman–Crippen MR) is 78.5 cm³/mol. The van der Waals surface area contributed by atoms with E-state index in [4.69, 9.17) is 9.47 Å². The van der Waals surface area contributed by atoms with Gasteiger partial charge in [-0.2, -0.15) is 0 Å². The average molecular weight is 326 g/mol. The molecule has 0 aromatic heterocycles. The molecule has 0 radical (unpaired) electrons. The van der Waals surface area contributed by atoms with E-state index < -0.39 is 0 Å². The summed E-state index contributed by atoms with van der Waals surface area (Å²) in [6, 6.07) is 6.96. The lowest BCUT2D eigenvalue weighted by Crippen LogP contribution is -2.28. The van der Waals surface area contributed by atoms with Gasteiger partial charge >= 0.3 is 0 Å². The van der Waals surface area contributed by atoms with Crippen LogP contribution in [0.15, 0.2) is 22.7 Å². The fourth-order valence-corrected chi connectivity index (χ4v) is 2.74. The number of ether oxygens (including phenoxy) is 2. The maximum absolute atomic E-state index is 6.11. The molecule has 2 aliphatic rings. The zero-order valence-corrected chi connectivity index (χ0v) is 12.6. The van der Waals surface area contributed by atoms with Crippen molar-refractivity contribution in [2.24, 2.45) is 0 Å². The molecule has 0 amide bonds. The molecule has 104 valence electrons. The summed E-state index contributed by atoms with van der Waals surface area (Å²) in [6.45, 7) is 2.47. The van der Waals surface area contributed by atoms with Crippen molar-refractivity contribution in [1.82, 2.24) is 5.32 Å². The van der Waals surface area contributed by atoms with Crippen molar-refractivity contribution in [2.45, 2.75) is 44.4 Å². The maximum atomic E-state index is 6.11. The molecule has 1 aliphatic heterocycles. The number of benzene rings is 1. The molecule has 0 spiro atoms. The van der Waals surface area contributed by atoms with Crippen LogP contribution in [0.4, 0.5) is 0 Å². The van der Waals surface area contributed by atoms with E-state index in [-0.39, 0.29) is 6.10 Å². The first-order valence-electron chi connectivity index (χ1n) is 7.07. The van der Waals surface area contributed by atoms with Crippen LogP contribution >= 0.6 is 15.9 Å². The molecule has 1 aliphatic carbocycles. The Morgan fingerprint density at radius 3 is 2.95 bits per heavy atom. The standard InChI is InChI=1S/C15H20BrNO2/c16-12-3-6-15(19-14-2-1-7-18-10-14)11(8-12)9-17-13-4-5-13/h3,6,8,13-14,17H,1-2,4-5,7,9-10H2. The average Bonchev–Trinajstić information content (AvgIpc) is 3.24. The highest BCUT2D eigenvalue weighted by Gasteiger charge is 2.21. The molecule has 3 rings (SSSR count). The zero-order valence-electron chi connectivity index (χ0n) is 11.0. The van der Waals surface area contributed by atoms with Gasteiger partial charge in [-0.3, -0.25) is 0 Å². The summed E-state index contributed by atoms with van der Waals surface area (Å²) < 4.78 is 12.7. The van der Waals surface area contributed by atoms with Crippen molar-refractivity contribution in [3.8, 4) is 5.75 Å². The molecule has 1 aromatic rings. The highest BCUT2D eigenvalue weighted by atomic mass is 79.9. The van der Waals surface area contributed by atoms with Gasteiger partial charge < -0.3 is 14.8 Å². The van der Waals surface area contributed by atoms with Gasteiger partial charge in [-0.15, -0.1) is 0 Å². The van der Waals surface area contributed by atoms with E-state index in [1.54, 1.807) is 0 Å². The van der Waals surface area contributed by atoms with Crippen LogP contribution in [0.1, 0.15) is 31.2 Å². The van der Waals surface area contributed by atoms with Crippen molar-refractivity contribution in [3.05, 3.63) is 28.2 Å². The van der Waals surface area contributed by atoms with Crippen LogP contribution in [0, 0.1) is 0 Å². The second kappa shape index (κ2) is 6.25. The fraction of sp³-hybridized carbons (Fsp3) is 0.600. The van der Waals surface area contributed by atoms with E-state index in [0.717, 1.165) is 36.2 Å². The van der Waals surface area contributed by atoms with Crippen molar-refractivity contribution in [3.63, 3.8) is 0 Å². The van der Waals surface area contributed by atoms with Gasteiger partial charge in [-0.05, 0) is 43.9 Å². The molecule has 2 fully saturated rings. The third kappa shape index (κ3) is 3.94. The fourth-order valence-electron chi connectivity index (χ4n) is 2.33. The maximum Gasteiger partial charge on any atom is 0.124 e. The third-order valence-electron chi connectivity index (χ3n) is 3.59. The Hall–Kier alpha value is -0.580. The summed E-state index contributed by atoms with van der Waals surface area (Å²) in [4.78, 5) is 0. The Morgan fingerprint density at radius 2 is 2.21 bits per heavy atom. The van der Waals surface area contributed by atoms with E-state index >= 15 is 0 Å². The third-order valence-corrected chi connectivity index (χ3v) is 4.09. The quantitative estimate of drug-likeness (QED) is 0.901. The molecule has 3 nitrogen and oxygen atoms in total. The van der Waals surface area contributed by atoms with Gasteiger partial charge in [0.05, 0.1) is 6.61 Å². The molecule has 19 heavy (non-hydrogen) atoms. The van der Waals surface area contributed by atoms with Crippen LogP contribution < -0.4 is 10.1 Å². The molecule has 0 bridgehead atoms. The number of hydrogen-bond donors (Lipinski definition) is 1. The van der Waals surface area contributed by atoms with Crippen LogP contribution in [0.25, 0.3) is 0 Å². The van der Waals surface area contributed by atoms with Crippen molar-refractivity contribution in [1.29, 1.82) is 0 Å². The summed E-state index contributed by atoms with van der Waals surface area (Å²) >= 11 is 3.54. The van der Waals surface area contributed by atoms with Gasteiger partial charge in [0.2, 0.25) is 0 Å². The van der Waals surface area contributed by atoms with Crippen LogP contribution in [-0.4, -0.2) is 25.4 Å².